The fourth-order valence-corrected chi connectivity index (χ4v) is 0.769. The van der Waals surface area contributed by atoms with E-state index in [0.717, 1.165) is 0 Å². The van der Waals surface area contributed by atoms with Crippen molar-refractivity contribution in [1.82, 2.24) is 10.6 Å². The lowest BCUT2D eigenvalue weighted by molar-refractivity contribution is -0.138. The van der Waals surface area contributed by atoms with Crippen LogP contribution in [0.3, 0.4) is 0 Å². The molecule has 0 radical (unpaired) electrons. The van der Waals surface area contributed by atoms with Crippen LogP contribution in [0.5, 0.6) is 0 Å². The summed E-state index contributed by atoms with van der Waals surface area (Å²) in [4.78, 5) is 21.4. The SMILES string of the molecule is CC(C)OCCNC(=O)N[C@@H](C)C(=O)O. The van der Waals surface area contributed by atoms with E-state index in [2.05, 4.69) is 10.6 Å². The molecule has 0 unspecified atom stereocenters. The average molecular weight is 218 g/mol. The van der Waals surface area contributed by atoms with Gasteiger partial charge in [-0.25, -0.2) is 4.79 Å². The summed E-state index contributed by atoms with van der Waals surface area (Å²) < 4.78 is 5.19. The summed E-state index contributed by atoms with van der Waals surface area (Å²) in [6.45, 7) is 5.95. The summed E-state index contributed by atoms with van der Waals surface area (Å²) in [6, 6.07) is -1.40. The molecule has 0 spiro atoms. The van der Waals surface area contributed by atoms with Gasteiger partial charge in [-0.15, -0.1) is 0 Å². The Balaban J connectivity index is 3.54. The Kier molecular flexibility index (Phi) is 6.44. The molecule has 0 saturated heterocycles. The van der Waals surface area contributed by atoms with Gasteiger partial charge >= 0.3 is 12.0 Å². The Morgan fingerprint density at radius 3 is 2.40 bits per heavy atom. The minimum Gasteiger partial charge on any atom is -0.480 e. The van der Waals surface area contributed by atoms with Gasteiger partial charge in [0.1, 0.15) is 6.04 Å². The first kappa shape index (κ1) is 13.7. The van der Waals surface area contributed by atoms with Crippen molar-refractivity contribution in [3.63, 3.8) is 0 Å². The highest BCUT2D eigenvalue weighted by atomic mass is 16.5. The molecule has 0 aromatic carbocycles. The number of hydrogen-bond donors (Lipinski definition) is 3. The molecular weight excluding hydrogens is 200 g/mol. The van der Waals surface area contributed by atoms with E-state index >= 15 is 0 Å². The highest BCUT2D eigenvalue weighted by Gasteiger charge is 2.12. The summed E-state index contributed by atoms with van der Waals surface area (Å²) >= 11 is 0. The largest absolute Gasteiger partial charge is 0.480 e. The Morgan fingerprint density at radius 2 is 1.93 bits per heavy atom. The second kappa shape index (κ2) is 7.05. The first-order valence-electron chi connectivity index (χ1n) is 4.82. The predicted molar refractivity (Wildman–Crippen MR) is 54.7 cm³/mol. The number of urea groups is 1. The zero-order valence-electron chi connectivity index (χ0n) is 9.24. The zero-order valence-corrected chi connectivity index (χ0v) is 9.24. The van der Waals surface area contributed by atoms with Crippen LogP contribution < -0.4 is 10.6 Å². The van der Waals surface area contributed by atoms with Crippen LogP contribution in [-0.2, 0) is 9.53 Å². The van der Waals surface area contributed by atoms with E-state index in [9.17, 15) is 9.59 Å². The lowest BCUT2D eigenvalue weighted by Gasteiger charge is -2.11. The fourth-order valence-electron chi connectivity index (χ4n) is 0.769. The van der Waals surface area contributed by atoms with Crippen LogP contribution in [0.2, 0.25) is 0 Å². The maximum Gasteiger partial charge on any atom is 0.325 e. The molecule has 0 heterocycles. The number of ether oxygens (including phenoxy) is 1. The topological polar surface area (TPSA) is 87.7 Å². The molecule has 6 heteroatoms. The van der Waals surface area contributed by atoms with Gasteiger partial charge in [0, 0.05) is 6.54 Å². The van der Waals surface area contributed by atoms with Crippen molar-refractivity contribution >= 4 is 12.0 Å². The quantitative estimate of drug-likeness (QED) is 0.555. The molecule has 88 valence electrons. The van der Waals surface area contributed by atoms with Crippen LogP contribution >= 0.6 is 0 Å². The maximum atomic E-state index is 11.1. The molecule has 1 atom stereocenters. The molecule has 2 amide bonds. The van der Waals surface area contributed by atoms with E-state index in [4.69, 9.17) is 9.84 Å². The Morgan fingerprint density at radius 1 is 1.33 bits per heavy atom. The molecule has 3 N–H and O–H groups in total. The minimum absolute atomic E-state index is 0.118. The molecule has 0 saturated carbocycles. The average Bonchev–Trinajstić information content (AvgIpc) is 2.12. The number of carboxylic acids is 1. The summed E-state index contributed by atoms with van der Waals surface area (Å²) in [5.41, 5.74) is 0. The number of carbonyl (C=O) groups is 2. The third-order valence-corrected chi connectivity index (χ3v) is 1.56. The Labute approximate surface area is 89.0 Å². The molecule has 0 aromatic heterocycles. The van der Waals surface area contributed by atoms with Gasteiger partial charge in [-0.2, -0.15) is 0 Å². The summed E-state index contributed by atoms with van der Waals surface area (Å²) in [6.07, 6.45) is 0.118. The van der Waals surface area contributed by atoms with Crippen molar-refractivity contribution in [2.75, 3.05) is 13.2 Å². The first-order valence-corrected chi connectivity index (χ1v) is 4.82. The molecule has 0 aromatic rings. The van der Waals surface area contributed by atoms with Crippen molar-refractivity contribution in [3.8, 4) is 0 Å². The van der Waals surface area contributed by atoms with Crippen LogP contribution in [0.4, 0.5) is 4.79 Å². The van der Waals surface area contributed by atoms with Crippen molar-refractivity contribution in [2.24, 2.45) is 0 Å². The lowest BCUT2D eigenvalue weighted by Crippen LogP contribution is -2.45. The first-order chi connectivity index (χ1) is 6.93. The van der Waals surface area contributed by atoms with Gasteiger partial charge in [0.15, 0.2) is 0 Å². The fraction of sp³-hybridized carbons (Fsp3) is 0.778. The summed E-state index contributed by atoms with van der Waals surface area (Å²) in [7, 11) is 0. The van der Waals surface area contributed by atoms with Crippen molar-refractivity contribution in [1.29, 1.82) is 0 Å². The molecule has 0 aliphatic heterocycles. The Bertz CT molecular complexity index is 218. The van der Waals surface area contributed by atoms with Crippen molar-refractivity contribution in [2.45, 2.75) is 32.9 Å². The molecule has 6 nitrogen and oxygen atoms in total. The van der Waals surface area contributed by atoms with Crippen LogP contribution in [-0.4, -0.2) is 42.4 Å². The smallest absolute Gasteiger partial charge is 0.325 e. The van der Waals surface area contributed by atoms with Gasteiger partial charge in [-0.1, -0.05) is 0 Å². The van der Waals surface area contributed by atoms with E-state index in [1.54, 1.807) is 0 Å². The standard InChI is InChI=1S/C9H18N2O4/c1-6(2)15-5-4-10-9(14)11-7(3)8(12)13/h6-7H,4-5H2,1-3H3,(H,12,13)(H2,10,11,14)/t7-/m0/s1. The van der Waals surface area contributed by atoms with E-state index in [1.807, 2.05) is 13.8 Å². The molecular formula is C9H18N2O4. The molecule has 0 rings (SSSR count). The third kappa shape index (κ3) is 7.75. The summed E-state index contributed by atoms with van der Waals surface area (Å²) in [5, 5.41) is 13.3. The van der Waals surface area contributed by atoms with Gasteiger partial charge in [0.05, 0.1) is 12.7 Å². The second-order valence-electron chi connectivity index (χ2n) is 3.38. The lowest BCUT2D eigenvalue weighted by atomic mass is 10.3. The van der Waals surface area contributed by atoms with Crippen molar-refractivity contribution in [3.05, 3.63) is 0 Å². The van der Waals surface area contributed by atoms with Crippen LogP contribution in [0.25, 0.3) is 0 Å². The maximum absolute atomic E-state index is 11.1. The number of amides is 2. The molecule has 0 bridgehead atoms. The van der Waals surface area contributed by atoms with Gasteiger partial charge in [0.25, 0.3) is 0 Å². The second-order valence-corrected chi connectivity index (χ2v) is 3.38. The van der Waals surface area contributed by atoms with E-state index in [0.29, 0.717) is 13.2 Å². The Hall–Kier alpha value is -1.30. The van der Waals surface area contributed by atoms with Crippen LogP contribution in [0, 0.1) is 0 Å². The predicted octanol–water partition coefficient (Wildman–Crippen LogP) is 0.184. The van der Waals surface area contributed by atoms with Gasteiger partial charge in [-0.05, 0) is 20.8 Å². The number of nitrogens with one attached hydrogen (secondary N) is 2. The molecule has 0 fully saturated rings. The van der Waals surface area contributed by atoms with Gasteiger partial charge in [0.2, 0.25) is 0 Å². The van der Waals surface area contributed by atoms with Gasteiger partial charge < -0.3 is 20.5 Å². The number of carbonyl (C=O) groups excluding carboxylic acids is 1. The molecule has 15 heavy (non-hydrogen) atoms. The highest BCUT2D eigenvalue weighted by Crippen LogP contribution is 1.85. The van der Waals surface area contributed by atoms with Gasteiger partial charge in [-0.3, -0.25) is 4.79 Å². The normalized spacial score (nSPS) is 12.3. The van der Waals surface area contributed by atoms with E-state index in [1.165, 1.54) is 6.92 Å². The summed E-state index contributed by atoms with van der Waals surface area (Å²) in [5.74, 6) is -1.07. The van der Waals surface area contributed by atoms with E-state index < -0.39 is 18.0 Å². The number of carboxylic acid groups (broad SMARTS) is 1. The minimum atomic E-state index is -1.07. The number of hydrogen-bond acceptors (Lipinski definition) is 3. The van der Waals surface area contributed by atoms with E-state index in [-0.39, 0.29) is 6.10 Å². The monoisotopic (exact) mass is 218 g/mol. The van der Waals surface area contributed by atoms with Crippen molar-refractivity contribution < 1.29 is 19.4 Å². The third-order valence-electron chi connectivity index (χ3n) is 1.56. The number of rotatable bonds is 6. The number of aliphatic carboxylic acids is 1. The van der Waals surface area contributed by atoms with Crippen LogP contribution in [0.15, 0.2) is 0 Å². The molecule has 0 aliphatic rings. The zero-order chi connectivity index (χ0) is 11.8. The van der Waals surface area contributed by atoms with Crippen LogP contribution in [0.1, 0.15) is 20.8 Å². The highest BCUT2D eigenvalue weighted by molar-refractivity contribution is 5.82. The molecule has 0 aliphatic carbocycles.